The zero-order chi connectivity index (χ0) is 20.4. The maximum absolute atomic E-state index is 13.0. The Balaban J connectivity index is 1.60. The van der Waals surface area contributed by atoms with E-state index < -0.39 is 11.4 Å². The fourth-order valence-electron chi connectivity index (χ4n) is 4.24. The van der Waals surface area contributed by atoms with Crippen molar-refractivity contribution >= 4 is 11.9 Å². The van der Waals surface area contributed by atoms with Crippen LogP contribution in [0.2, 0.25) is 0 Å². The highest BCUT2D eigenvalue weighted by atomic mass is 16.5. The monoisotopic (exact) mass is 397 g/mol. The number of fused-ring (bicyclic) bond motifs is 1. The maximum atomic E-state index is 13.0. The Morgan fingerprint density at radius 2 is 1.86 bits per heavy atom. The van der Waals surface area contributed by atoms with E-state index in [4.69, 9.17) is 4.74 Å². The Hall–Kier alpha value is -2.67. The molecule has 1 aromatic carbocycles. The smallest absolute Gasteiger partial charge is 0.311 e. The molecule has 1 aliphatic heterocycles. The summed E-state index contributed by atoms with van der Waals surface area (Å²) < 4.78 is 7.19. The SMILES string of the molecule is Cc1ccc(-n2nc(C(=O)NCC3(C(=O)O)CCOCC3)c3c2CCCC3)cc1. The molecule has 1 aromatic heterocycles. The number of nitrogens with zero attached hydrogens (tertiary/aromatic N) is 2. The minimum absolute atomic E-state index is 0.0939. The van der Waals surface area contributed by atoms with Gasteiger partial charge in [0.05, 0.1) is 11.1 Å². The van der Waals surface area contributed by atoms with Crippen LogP contribution in [-0.4, -0.2) is 46.5 Å². The van der Waals surface area contributed by atoms with E-state index in [9.17, 15) is 14.7 Å². The highest BCUT2D eigenvalue weighted by Crippen LogP contribution is 2.31. The zero-order valence-corrected chi connectivity index (χ0v) is 16.7. The number of carboxylic acids is 1. The molecule has 1 saturated heterocycles. The molecule has 29 heavy (non-hydrogen) atoms. The molecule has 1 fully saturated rings. The third-order valence-electron chi connectivity index (χ3n) is 6.16. The van der Waals surface area contributed by atoms with Crippen molar-refractivity contribution in [3.05, 3.63) is 46.8 Å². The third-order valence-corrected chi connectivity index (χ3v) is 6.16. The Bertz CT molecular complexity index is 911. The number of benzene rings is 1. The van der Waals surface area contributed by atoms with Gasteiger partial charge < -0.3 is 15.2 Å². The van der Waals surface area contributed by atoms with Crippen LogP contribution in [0.15, 0.2) is 24.3 Å². The van der Waals surface area contributed by atoms with Crippen molar-refractivity contribution in [1.82, 2.24) is 15.1 Å². The van der Waals surface area contributed by atoms with Crippen LogP contribution in [0.4, 0.5) is 0 Å². The Kier molecular flexibility index (Phi) is 5.41. The molecule has 2 aliphatic rings. The Labute approximate surface area is 170 Å². The molecule has 7 heteroatoms. The number of aryl methyl sites for hydroxylation is 1. The first-order valence-corrected chi connectivity index (χ1v) is 10.3. The molecule has 4 rings (SSSR count). The lowest BCUT2D eigenvalue weighted by molar-refractivity contribution is -0.154. The van der Waals surface area contributed by atoms with Crippen LogP contribution in [0.3, 0.4) is 0 Å². The molecule has 2 N–H and O–H groups in total. The number of carbonyl (C=O) groups is 2. The minimum Gasteiger partial charge on any atom is -0.481 e. The summed E-state index contributed by atoms with van der Waals surface area (Å²) in [6.07, 6.45) is 4.62. The highest BCUT2D eigenvalue weighted by Gasteiger charge is 2.41. The summed E-state index contributed by atoms with van der Waals surface area (Å²) in [6, 6.07) is 8.10. The van der Waals surface area contributed by atoms with Gasteiger partial charge in [-0.15, -0.1) is 0 Å². The standard InChI is InChI=1S/C22H27N3O4/c1-15-6-8-16(9-7-15)25-18-5-3-2-4-17(18)19(24-25)20(26)23-14-22(21(27)28)10-12-29-13-11-22/h6-9H,2-5,10-14H2,1H3,(H,23,26)(H,27,28). The van der Waals surface area contributed by atoms with Gasteiger partial charge in [0.15, 0.2) is 5.69 Å². The molecule has 0 spiro atoms. The fourth-order valence-corrected chi connectivity index (χ4v) is 4.24. The Morgan fingerprint density at radius 3 is 2.55 bits per heavy atom. The molecule has 1 amide bonds. The first-order chi connectivity index (χ1) is 14.0. The highest BCUT2D eigenvalue weighted by molar-refractivity contribution is 5.94. The number of rotatable bonds is 5. The molecule has 0 bridgehead atoms. The van der Waals surface area contributed by atoms with Crippen molar-refractivity contribution in [1.29, 1.82) is 0 Å². The predicted molar refractivity (Wildman–Crippen MR) is 107 cm³/mol. The van der Waals surface area contributed by atoms with Crippen molar-refractivity contribution < 1.29 is 19.4 Å². The number of ether oxygens (including phenoxy) is 1. The number of aromatic nitrogens is 2. The maximum Gasteiger partial charge on any atom is 0.311 e. The van der Waals surface area contributed by atoms with Gasteiger partial charge in [0, 0.05) is 31.0 Å². The second kappa shape index (κ2) is 7.99. The van der Waals surface area contributed by atoms with Gasteiger partial charge in [-0.25, -0.2) is 4.68 Å². The molecule has 0 radical (unpaired) electrons. The largest absolute Gasteiger partial charge is 0.481 e. The van der Waals surface area contributed by atoms with E-state index in [2.05, 4.69) is 10.4 Å². The van der Waals surface area contributed by atoms with E-state index in [1.54, 1.807) is 0 Å². The third kappa shape index (κ3) is 3.79. The van der Waals surface area contributed by atoms with Crippen LogP contribution in [0.1, 0.15) is 53.0 Å². The van der Waals surface area contributed by atoms with Gasteiger partial charge in [-0.2, -0.15) is 5.10 Å². The lowest BCUT2D eigenvalue weighted by Gasteiger charge is -2.33. The number of aliphatic carboxylic acids is 1. The summed E-state index contributed by atoms with van der Waals surface area (Å²) in [7, 11) is 0. The molecule has 0 unspecified atom stereocenters. The number of carboxylic acid groups (broad SMARTS) is 1. The van der Waals surface area contributed by atoms with E-state index >= 15 is 0 Å². The first kappa shape index (κ1) is 19.6. The summed E-state index contributed by atoms with van der Waals surface area (Å²) in [5.74, 6) is -1.17. The zero-order valence-electron chi connectivity index (χ0n) is 16.7. The summed E-state index contributed by atoms with van der Waals surface area (Å²) in [5, 5.41) is 17.2. The molecule has 154 valence electrons. The molecular weight excluding hydrogens is 370 g/mol. The summed E-state index contributed by atoms with van der Waals surface area (Å²) >= 11 is 0. The van der Waals surface area contributed by atoms with Crippen LogP contribution in [0.5, 0.6) is 0 Å². The molecular formula is C22H27N3O4. The van der Waals surface area contributed by atoms with Crippen molar-refractivity contribution in [3.8, 4) is 5.69 Å². The molecule has 2 heterocycles. The first-order valence-electron chi connectivity index (χ1n) is 10.3. The lowest BCUT2D eigenvalue weighted by atomic mass is 9.80. The van der Waals surface area contributed by atoms with E-state index in [1.165, 1.54) is 5.56 Å². The van der Waals surface area contributed by atoms with Gasteiger partial charge in [-0.3, -0.25) is 9.59 Å². The summed E-state index contributed by atoms with van der Waals surface area (Å²) in [6.45, 7) is 2.94. The van der Waals surface area contributed by atoms with E-state index in [-0.39, 0.29) is 12.5 Å². The van der Waals surface area contributed by atoms with Gasteiger partial charge in [0.1, 0.15) is 0 Å². The van der Waals surface area contributed by atoms with Crippen molar-refractivity contribution in [2.45, 2.75) is 45.4 Å². The molecule has 0 atom stereocenters. The summed E-state index contributed by atoms with van der Waals surface area (Å²) in [4.78, 5) is 24.9. The Morgan fingerprint density at radius 1 is 1.17 bits per heavy atom. The molecule has 2 aromatic rings. The topological polar surface area (TPSA) is 93.5 Å². The minimum atomic E-state index is -0.965. The van der Waals surface area contributed by atoms with Gasteiger partial charge in [0.2, 0.25) is 0 Å². The second-order valence-corrected chi connectivity index (χ2v) is 8.11. The average Bonchev–Trinajstić information content (AvgIpc) is 3.13. The number of amides is 1. The molecule has 7 nitrogen and oxygen atoms in total. The lowest BCUT2D eigenvalue weighted by Crippen LogP contribution is -2.46. The normalized spacial score (nSPS) is 18.1. The number of hydrogen-bond donors (Lipinski definition) is 2. The summed E-state index contributed by atoms with van der Waals surface area (Å²) in [5.41, 5.74) is 3.65. The van der Waals surface area contributed by atoms with E-state index in [0.717, 1.165) is 42.6 Å². The fraction of sp³-hybridized carbons (Fsp3) is 0.500. The van der Waals surface area contributed by atoms with E-state index in [0.29, 0.717) is 31.7 Å². The van der Waals surface area contributed by atoms with Crippen LogP contribution in [0, 0.1) is 12.3 Å². The quantitative estimate of drug-likeness (QED) is 0.809. The predicted octanol–water partition coefficient (Wildman–Crippen LogP) is 2.67. The van der Waals surface area contributed by atoms with Crippen molar-refractivity contribution in [2.75, 3.05) is 19.8 Å². The van der Waals surface area contributed by atoms with Gasteiger partial charge in [-0.1, -0.05) is 17.7 Å². The van der Waals surface area contributed by atoms with Gasteiger partial charge in [0.25, 0.3) is 5.91 Å². The van der Waals surface area contributed by atoms with Gasteiger partial charge >= 0.3 is 5.97 Å². The average molecular weight is 397 g/mol. The number of hydrogen-bond acceptors (Lipinski definition) is 4. The number of carbonyl (C=O) groups excluding carboxylic acids is 1. The van der Waals surface area contributed by atoms with Crippen molar-refractivity contribution in [2.24, 2.45) is 5.41 Å². The van der Waals surface area contributed by atoms with Gasteiger partial charge in [-0.05, 0) is 57.6 Å². The van der Waals surface area contributed by atoms with Crippen LogP contribution >= 0.6 is 0 Å². The second-order valence-electron chi connectivity index (χ2n) is 8.11. The molecule has 1 aliphatic carbocycles. The van der Waals surface area contributed by atoms with Crippen molar-refractivity contribution in [3.63, 3.8) is 0 Å². The van der Waals surface area contributed by atoms with Crippen LogP contribution in [0.25, 0.3) is 5.69 Å². The van der Waals surface area contributed by atoms with Crippen LogP contribution in [-0.2, 0) is 22.4 Å². The van der Waals surface area contributed by atoms with E-state index in [1.807, 2.05) is 35.9 Å². The van der Waals surface area contributed by atoms with Crippen LogP contribution < -0.4 is 5.32 Å². The number of nitrogens with one attached hydrogen (secondary N) is 1. The molecule has 0 saturated carbocycles.